The van der Waals surface area contributed by atoms with Crippen LogP contribution in [0.4, 0.5) is 0 Å². The molecule has 0 saturated carbocycles. The molecule has 1 rings (SSSR count). The third-order valence-electron chi connectivity index (χ3n) is 3.91. The van der Waals surface area contributed by atoms with Gasteiger partial charge >= 0.3 is 5.97 Å². The molecule has 6 heteroatoms. The maximum atomic E-state index is 11.8. The lowest BCUT2D eigenvalue weighted by Gasteiger charge is -2.33. The maximum Gasteiger partial charge on any atom is 0.309 e. The number of hydrogen-bond donors (Lipinski definition) is 1. The van der Waals surface area contributed by atoms with Crippen molar-refractivity contribution < 1.29 is 14.3 Å². The summed E-state index contributed by atoms with van der Waals surface area (Å²) >= 11 is 0. The molecule has 23 heavy (non-hydrogen) atoms. The molecule has 6 nitrogen and oxygen atoms in total. The highest BCUT2D eigenvalue weighted by atomic mass is 16.5. The topological polar surface area (TPSA) is 63.2 Å². The van der Waals surface area contributed by atoms with Crippen LogP contribution in [0.15, 0.2) is 4.99 Å². The lowest BCUT2D eigenvalue weighted by Crippen LogP contribution is -2.46. The molecule has 0 aromatic rings. The van der Waals surface area contributed by atoms with E-state index in [1.54, 1.807) is 0 Å². The summed E-state index contributed by atoms with van der Waals surface area (Å²) in [6.45, 7) is 11.4. The molecular formula is C17H33N3O3. The van der Waals surface area contributed by atoms with E-state index in [9.17, 15) is 4.79 Å². The summed E-state index contributed by atoms with van der Waals surface area (Å²) in [5.74, 6) is 0.955. The predicted molar refractivity (Wildman–Crippen MR) is 92.6 cm³/mol. The van der Waals surface area contributed by atoms with E-state index >= 15 is 0 Å². The van der Waals surface area contributed by atoms with Gasteiger partial charge in [0.15, 0.2) is 5.96 Å². The second-order valence-corrected chi connectivity index (χ2v) is 5.65. The first kappa shape index (κ1) is 19.7. The number of piperidine rings is 1. The second-order valence-electron chi connectivity index (χ2n) is 5.65. The van der Waals surface area contributed by atoms with Gasteiger partial charge in [0.2, 0.25) is 0 Å². The molecule has 0 unspecified atom stereocenters. The Balaban J connectivity index is 2.38. The van der Waals surface area contributed by atoms with Crippen molar-refractivity contribution in [3.8, 4) is 0 Å². The van der Waals surface area contributed by atoms with Crippen LogP contribution in [0.2, 0.25) is 0 Å². The first-order chi connectivity index (χ1) is 11.2. The summed E-state index contributed by atoms with van der Waals surface area (Å²) in [5, 5.41) is 3.35. The fourth-order valence-electron chi connectivity index (χ4n) is 2.66. The molecule has 0 amide bonds. The van der Waals surface area contributed by atoms with Crippen LogP contribution in [0.1, 0.15) is 46.5 Å². The predicted octanol–water partition coefficient (Wildman–Crippen LogP) is 2.04. The van der Waals surface area contributed by atoms with Gasteiger partial charge in [-0.1, -0.05) is 0 Å². The average molecular weight is 327 g/mol. The number of ether oxygens (including phenoxy) is 2. The SMILES string of the molecule is CCNC(=NCCCCOCC)N1CCC(C(=O)OCC)CC1. The van der Waals surface area contributed by atoms with E-state index in [2.05, 4.69) is 17.1 Å². The van der Waals surface area contributed by atoms with E-state index in [1.807, 2.05) is 13.8 Å². The van der Waals surface area contributed by atoms with E-state index in [-0.39, 0.29) is 11.9 Å². The number of guanidine groups is 1. The van der Waals surface area contributed by atoms with Crippen molar-refractivity contribution in [3.63, 3.8) is 0 Å². The quantitative estimate of drug-likeness (QED) is 0.304. The number of carbonyl (C=O) groups excluding carboxylic acids is 1. The highest BCUT2D eigenvalue weighted by Crippen LogP contribution is 2.18. The molecule has 0 aromatic heterocycles. The molecule has 1 saturated heterocycles. The number of likely N-dealkylation sites (tertiary alicyclic amines) is 1. The zero-order valence-electron chi connectivity index (χ0n) is 15.0. The summed E-state index contributed by atoms with van der Waals surface area (Å²) in [6, 6.07) is 0. The van der Waals surface area contributed by atoms with Crippen molar-refractivity contribution >= 4 is 11.9 Å². The smallest absolute Gasteiger partial charge is 0.309 e. The van der Waals surface area contributed by atoms with Crippen LogP contribution in [-0.4, -0.2) is 62.8 Å². The van der Waals surface area contributed by atoms with Crippen molar-refractivity contribution in [1.82, 2.24) is 10.2 Å². The molecule has 1 aliphatic rings. The molecule has 0 bridgehead atoms. The van der Waals surface area contributed by atoms with Crippen LogP contribution in [0, 0.1) is 5.92 Å². The third-order valence-corrected chi connectivity index (χ3v) is 3.91. The fourth-order valence-corrected chi connectivity index (χ4v) is 2.66. The third kappa shape index (κ3) is 7.68. The van der Waals surface area contributed by atoms with Gasteiger partial charge in [-0.3, -0.25) is 9.79 Å². The van der Waals surface area contributed by atoms with Gasteiger partial charge in [0.05, 0.1) is 12.5 Å². The average Bonchev–Trinajstić information content (AvgIpc) is 2.57. The molecule has 0 aromatic carbocycles. The van der Waals surface area contributed by atoms with E-state index in [0.717, 1.165) is 71.0 Å². The standard InChI is InChI=1S/C17H33N3O3/c1-4-18-17(19-11-7-8-14-22-5-2)20-12-9-15(10-13-20)16(21)23-6-3/h15H,4-14H2,1-3H3,(H,18,19). The molecular weight excluding hydrogens is 294 g/mol. The molecule has 1 fully saturated rings. The molecule has 0 radical (unpaired) electrons. The molecule has 1 heterocycles. The van der Waals surface area contributed by atoms with Gasteiger partial charge in [-0.15, -0.1) is 0 Å². The first-order valence-electron chi connectivity index (χ1n) is 9.00. The summed E-state index contributed by atoms with van der Waals surface area (Å²) in [6.07, 6.45) is 3.76. The number of rotatable bonds is 9. The van der Waals surface area contributed by atoms with Gasteiger partial charge < -0.3 is 19.7 Å². The molecule has 0 atom stereocenters. The monoisotopic (exact) mass is 327 g/mol. The van der Waals surface area contributed by atoms with Crippen LogP contribution in [0.25, 0.3) is 0 Å². The summed E-state index contributed by atoms with van der Waals surface area (Å²) in [5.41, 5.74) is 0. The van der Waals surface area contributed by atoms with Crippen molar-refractivity contribution in [3.05, 3.63) is 0 Å². The summed E-state index contributed by atoms with van der Waals surface area (Å²) in [4.78, 5) is 18.8. The number of nitrogens with one attached hydrogen (secondary N) is 1. The van der Waals surface area contributed by atoms with Crippen LogP contribution in [0.5, 0.6) is 0 Å². The Morgan fingerprint density at radius 3 is 2.52 bits per heavy atom. The zero-order chi connectivity index (χ0) is 16.9. The van der Waals surface area contributed by atoms with Gasteiger partial charge in [0.25, 0.3) is 0 Å². The Morgan fingerprint density at radius 2 is 1.91 bits per heavy atom. The number of carbonyl (C=O) groups is 1. The minimum Gasteiger partial charge on any atom is -0.466 e. The van der Waals surface area contributed by atoms with E-state index < -0.39 is 0 Å². The first-order valence-corrected chi connectivity index (χ1v) is 9.00. The maximum absolute atomic E-state index is 11.8. The van der Waals surface area contributed by atoms with Crippen molar-refractivity contribution in [2.24, 2.45) is 10.9 Å². The van der Waals surface area contributed by atoms with Crippen LogP contribution in [0.3, 0.4) is 0 Å². The van der Waals surface area contributed by atoms with Gasteiger partial charge in [-0.05, 0) is 46.5 Å². The molecule has 134 valence electrons. The van der Waals surface area contributed by atoms with Gasteiger partial charge in [-0.25, -0.2) is 0 Å². The summed E-state index contributed by atoms with van der Waals surface area (Å²) < 4.78 is 10.5. The number of esters is 1. The molecule has 0 aliphatic carbocycles. The zero-order valence-corrected chi connectivity index (χ0v) is 15.0. The lowest BCUT2D eigenvalue weighted by atomic mass is 9.97. The number of nitrogens with zero attached hydrogens (tertiary/aromatic N) is 2. The molecule has 1 aliphatic heterocycles. The Hall–Kier alpha value is -1.30. The van der Waals surface area contributed by atoms with Crippen molar-refractivity contribution in [2.45, 2.75) is 46.5 Å². The van der Waals surface area contributed by atoms with E-state index in [4.69, 9.17) is 14.5 Å². The Kier molecular flexibility index (Phi) is 10.4. The van der Waals surface area contributed by atoms with Crippen LogP contribution >= 0.6 is 0 Å². The van der Waals surface area contributed by atoms with E-state index in [1.165, 1.54) is 0 Å². The molecule has 1 N–H and O–H groups in total. The number of unbranched alkanes of at least 4 members (excludes halogenated alkanes) is 1. The Labute approximate surface area is 140 Å². The van der Waals surface area contributed by atoms with Crippen molar-refractivity contribution in [2.75, 3.05) is 46.0 Å². The fraction of sp³-hybridized carbons (Fsp3) is 0.882. The van der Waals surface area contributed by atoms with Crippen molar-refractivity contribution in [1.29, 1.82) is 0 Å². The largest absolute Gasteiger partial charge is 0.466 e. The number of aliphatic imine (C=N–C) groups is 1. The van der Waals surface area contributed by atoms with Gasteiger partial charge in [0, 0.05) is 39.4 Å². The minimum atomic E-state index is -0.0509. The Morgan fingerprint density at radius 1 is 1.17 bits per heavy atom. The number of hydrogen-bond acceptors (Lipinski definition) is 4. The van der Waals surface area contributed by atoms with Gasteiger partial charge in [0.1, 0.15) is 0 Å². The Bertz CT molecular complexity index is 353. The highest BCUT2D eigenvalue weighted by Gasteiger charge is 2.27. The second kappa shape index (κ2) is 12.2. The normalized spacial score (nSPS) is 16.5. The molecule has 0 spiro atoms. The summed E-state index contributed by atoms with van der Waals surface area (Å²) in [7, 11) is 0. The van der Waals surface area contributed by atoms with Crippen LogP contribution < -0.4 is 5.32 Å². The van der Waals surface area contributed by atoms with E-state index in [0.29, 0.717) is 6.61 Å². The lowest BCUT2D eigenvalue weighted by molar-refractivity contribution is -0.149. The van der Waals surface area contributed by atoms with Crippen LogP contribution in [-0.2, 0) is 14.3 Å². The minimum absolute atomic E-state index is 0.0419. The highest BCUT2D eigenvalue weighted by molar-refractivity contribution is 5.80. The van der Waals surface area contributed by atoms with Gasteiger partial charge in [-0.2, -0.15) is 0 Å².